The molecule has 2 aromatic carbocycles. The van der Waals surface area contributed by atoms with Gasteiger partial charge in [-0.25, -0.2) is 0 Å². The Morgan fingerprint density at radius 2 is 1.62 bits per heavy atom. The van der Waals surface area contributed by atoms with Gasteiger partial charge in [0.15, 0.2) is 13.9 Å². The Morgan fingerprint density at radius 1 is 1.02 bits per heavy atom. The van der Waals surface area contributed by atoms with Crippen LogP contribution in [0, 0.1) is 5.92 Å². The molecule has 0 radical (unpaired) electrons. The van der Waals surface area contributed by atoms with Crippen molar-refractivity contribution in [3.8, 4) is 0 Å². The van der Waals surface area contributed by atoms with E-state index < -0.39 is 55.5 Å². The Bertz CT molecular complexity index is 1560. The molecule has 0 unspecified atom stereocenters. The maximum absolute atomic E-state index is 14.8. The van der Waals surface area contributed by atoms with Crippen LogP contribution in [0.1, 0.15) is 51.2 Å². The third kappa shape index (κ3) is 6.65. The number of anilines is 3. The fourth-order valence-corrected chi connectivity index (χ4v) is 10.1. The maximum Gasteiger partial charge on any atom is 0.264 e. The SMILES string of the molecule is C[C@H](O)C(=O)Nc1ccc(CN2C(=O)[C@]3(O[C@H](CC(=O)N4CCC[C@H]4CO)[C@@H]([Si](C)(C)O)[C@@H]3C)c3cc(NC(=O)[C@H](C)O)ccc32)cc1. The molecule has 48 heavy (non-hydrogen) atoms. The molecule has 260 valence electrons. The molecule has 0 aromatic heterocycles. The molecule has 7 atom stereocenters. The lowest BCUT2D eigenvalue weighted by molar-refractivity contribution is -0.150. The number of likely N-dealkylation sites (tertiary alicyclic amines) is 1. The smallest absolute Gasteiger partial charge is 0.264 e. The number of aliphatic hydroxyl groups is 3. The standard InChI is InChI=1S/C34H46N4O9Si/c1-19-30(48(4,5)46)28(16-29(42)37-14-6-7-25(37)18-39)47-34(19)26-15-24(36-32(44)21(3)41)12-13-27(26)38(33(34)45)17-22-8-10-23(11-9-22)35-31(43)20(2)40/h8-13,15,19-21,25,28,30,39-41,46H,6-7,14,16-18H2,1-5H3,(H,35,43)(H,36,44)/t19-,20-,21-,25-,28+,30-,34+/m0/s1. The topological polar surface area (TPSA) is 189 Å². The van der Waals surface area contributed by atoms with Gasteiger partial charge in [0.25, 0.3) is 17.7 Å². The predicted molar refractivity (Wildman–Crippen MR) is 180 cm³/mol. The van der Waals surface area contributed by atoms with Crippen LogP contribution in [-0.2, 0) is 36.1 Å². The minimum Gasteiger partial charge on any atom is -0.432 e. The molecule has 2 fully saturated rings. The molecular formula is C34H46N4O9Si. The molecule has 0 aliphatic carbocycles. The first-order chi connectivity index (χ1) is 22.6. The van der Waals surface area contributed by atoms with Crippen molar-refractivity contribution in [1.29, 1.82) is 0 Å². The molecule has 5 rings (SSSR count). The third-order valence-corrected chi connectivity index (χ3v) is 12.4. The van der Waals surface area contributed by atoms with Crippen LogP contribution in [0.15, 0.2) is 42.5 Å². The van der Waals surface area contributed by atoms with Crippen molar-refractivity contribution in [2.75, 3.05) is 28.7 Å². The molecule has 0 saturated carbocycles. The molecule has 1 spiro atoms. The van der Waals surface area contributed by atoms with E-state index in [1.807, 2.05) is 6.92 Å². The van der Waals surface area contributed by atoms with Crippen LogP contribution < -0.4 is 15.5 Å². The van der Waals surface area contributed by atoms with Crippen LogP contribution in [0.5, 0.6) is 0 Å². The van der Waals surface area contributed by atoms with Crippen LogP contribution in [0.4, 0.5) is 17.1 Å². The summed E-state index contributed by atoms with van der Waals surface area (Å²) in [6, 6.07) is 11.6. The minimum absolute atomic E-state index is 0.0645. The first-order valence-electron chi connectivity index (χ1n) is 16.4. The molecule has 3 aliphatic rings. The summed E-state index contributed by atoms with van der Waals surface area (Å²) in [5, 5.41) is 34.5. The van der Waals surface area contributed by atoms with E-state index in [1.54, 1.807) is 65.4 Å². The molecule has 4 amide bonds. The highest BCUT2D eigenvalue weighted by atomic mass is 28.4. The zero-order valence-electron chi connectivity index (χ0n) is 28.0. The monoisotopic (exact) mass is 682 g/mol. The highest BCUT2D eigenvalue weighted by Crippen LogP contribution is 2.60. The van der Waals surface area contributed by atoms with Crippen molar-refractivity contribution in [3.05, 3.63) is 53.6 Å². The van der Waals surface area contributed by atoms with E-state index >= 15 is 0 Å². The van der Waals surface area contributed by atoms with E-state index in [-0.39, 0.29) is 37.4 Å². The molecular weight excluding hydrogens is 636 g/mol. The molecule has 3 heterocycles. The fraction of sp³-hybridized carbons (Fsp3) is 0.529. The molecule has 2 saturated heterocycles. The Balaban J connectivity index is 1.53. The van der Waals surface area contributed by atoms with E-state index in [9.17, 15) is 39.3 Å². The lowest BCUT2D eigenvalue weighted by Gasteiger charge is -2.33. The average Bonchev–Trinajstić information content (AvgIpc) is 3.68. The van der Waals surface area contributed by atoms with E-state index in [1.165, 1.54) is 13.8 Å². The molecule has 3 aliphatic heterocycles. The van der Waals surface area contributed by atoms with Gasteiger partial charge in [0.05, 0.1) is 37.4 Å². The largest absolute Gasteiger partial charge is 0.432 e. The van der Waals surface area contributed by atoms with Crippen LogP contribution in [0.2, 0.25) is 18.6 Å². The first-order valence-corrected chi connectivity index (χ1v) is 19.4. The number of carbonyl (C=O) groups excluding carboxylic acids is 4. The summed E-state index contributed by atoms with van der Waals surface area (Å²) in [6.45, 7) is 8.63. The van der Waals surface area contributed by atoms with Gasteiger partial charge in [0, 0.05) is 34.9 Å². The van der Waals surface area contributed by atoms with E-state index in [0.29, 0.717) is 35.6 Å². The molecule has 6 N–H and O–H groups in total. The van der Waals surface area contributed by atoms with Crippen molar-refractivity contribution < 1.29 is 44.0 Å². The predicted octanol–water partition coefficient (Wildman–Crippen LogP) is 2.04. The zero-order valence-corrected chi connectivity index (χ0v) is 29.0. The Hall–Kier alpha value is -3.66. The summed E-state index contributed by atoms with van der Waals surface area (Å²) in [5.41, 5.74) is 0.488. The van der Waals surface area contributed by atoms with E-state index in [0.717, 1.165) is 12.0 Å². The fourth-order valence-electron chi connectivity index (χ4n) is 7.52. The maximum atomic E-state index is 14.8. The number of ether oxygens (including phenoxy) is 1. The summed E-state index contributed by atoms with van der Waals surface area (Å²) in [4.78, 5) is 67.6. The van der Waals surface area contributed by atoms with Crippen molar-refractivity contribution >= 4 is 49.0 Å². The Labute approximate surface area is 281 Å². The summed E-state index contributed by atoms with van der Waals surface area (Å²) in [6.07, 6.45) is -1.82. The van der Waals surface area contributed by atoms with Gasteiger partial charge in [0.1, 0.15) is 12.2 Å². The van der Waals surface area contributed by atoms with Crippen LogP contribution in [-0.4, -0.2) is 94.5 Å². The molecule has 14 heteroatoms. The minimum atomic E-state index is -3.08. The highest BCUT2D eigenvalue weighted by molar-refractivity contribution is 6.71. The van der Waals surface area contributed by atoms with Crippen molar-refractivity contribution in [3.63, 3.8) is 0 Å². The summed E-state index contributed by atoms with van der Waals surface area (Å²) >= 11 is 0. The van der Waals surface area contributed by atoms with Crippen LogP contribution >= 0.6 is 0 Å². The summed E-state index contributed by atoms with van der Waals surface area (Å²) < 4.78 is 6.80. The van der Waals surface area contributed by atoms with Gasteiger partial charge >= 0.3 is 0 Å². The van der Waals surface area contributed by atoms with Gasteiger partial charge < -0.3 is 45.3 Å². The Kier molecular flexibility index (Phi) is 10.2. The van der Waals surface area contributed by atoms with Crippen LogP contribution in [0.25, 0.3) is 0 Å². The number of hydrogen-bond donors (Lipinski definition) is 6. The number of aliphatic hydroxyl groups excluding tert-OH is 3. The number of rotatable bonds is 10. The van der Waals surface area contributed by atoms with Gasteiger partial charge in [-0.15, -0.1) is 0 Å². The summed E-state index contributed by atoms with van der Waals surface area (Å²) in [7, 11) is -3.08. The van der Waals surface area contributed by atoms with Crippen molar-refractivity contribution in [1.82, 2.24) is 4.90 Å². The van der Waals surface area contributed by atoms with Crippen molar-refractivity contribution in [2.45, 2.75) is 95.2 Å². The number of nitrogens with one attached hydrogen (secondary N) is 2. The number of hydrogen-bond acceptors (Lipinski definition) is 9. The quantitative estimate of drug-likeness (QED) is 0.204. The average molecular weight is 683 g/mol. The van der Waals surface area contributed by atoms with Gasteiger partial charge in [0.2, 0.25) is 5.91 Å². The van der Waals surface area contributed by atoms with Gasteiger partial charge in [-0.2, -0.15) is 0 Å². The number of carbonyl (C=O) groups is 4. The number of nitrogens with zero attached hydrogens (tertiary/aromatic N) is 2. The Morgan fingerprint density at radius 3 is 2.21 bits per heavy atom. The number of fused-ring (bicyclic) bond motifs is 2. The molecule has 13 nitrogen and oxygen atoms in total. The molecule has 2 aromatic rings. The second kappa shape index (κ2) is 13.7. The number of amides is 4. The van der Waals surface area contributed by atoms with Gasteiger partial charge in [-0.3, -0.25) is 19.2 Å². The lowest BCUT2D eigenvalue weighted by Crippen LogP contribution is -2.46. The highest BCUT2D eigenvalue weighted by Gasteiger charge is 2.66. The second-order valence-electron chi connectivity index (χ2n) is 13.8. The lowest BCUT2D eigenvalue weighted by atomic mass is 9.82. The first kappa shape index (κ1) is 35.6. The summed E-state index contributed by atoms with van der Waals surface area (Å²) in [5.74, 6) is -2.31. The third-order valence-electron chi connectivity index (χ3n) is 9.86. The van der Waals surface area contributed by atoms with Crippen LogP contribution in [0.3, 0.4) is 0 Å². The zero-order chi connectivity index (χ0) is 35.1. The molecule has 0 bridgehead atoms. The second-order valence-corrected chi connectivity index (χ2v) is 17.8. The van der Waals surface area contributed by atoms with Gasteiger partial charge in [-0.05, 0) is 75.7 Å². The normalized spacial score (nSPS) is 26.5. The van der Waals surface area contributed by atoms with E-state index in [2.05, 4.69) is 10.6 Å². The van der Waals surface area contributed by atoms with Gasteiger partial charge in [-0.1, -0.05) is 19.1 Å². The van der Waals surface area contributed by atoms with Crippen molar-refractivity contribution in [2.24, 2.45) is 5.92 Å². The number of benzene rings is 2. The van der Waals surface area contributed by atoms with E-state index in [4.69, 9.17) is 4.74 Å².